The van der Waals surface area contributed by atoms with E-state index in [1.807, 2.05) is 18.3 Å². The molecule has 2 aromatic rings. The molecule has 1 heterocycles. The van der Waals surface area contributed by atoms with Crippen molar-refractivity contribution in [2.24, 2.45) is 0 Å². The van der Waals surface area contributed by atoms with Crippen molar-refractivity contribution in [2.45, 2.75) is 26.4 Å². The van der Waals surface area contributed by atoms with Crippen molar-refractivity contribution in [3.63, 3.8) is 0 Å². The summed E-state index contributed by atoms with van der Waals surface area (Å²) in [4.78, 5) is 0. The molecule has 2 rings (SSSR count). The molecule has 4 heteroatoms. The van der Waals surface area contributed by atoms with Gasteiger partial charge < -0.3 is 9.88 Å². The first-order valence-electron chi connectivity index (χ1n) is 6.04. The Morgan fingerprint density at radius 1 is 1.28 bits per heavy atom. The van der Waals surface area contributed by atoms with Gasteiger partial charge in [-0.05, 0) is 30.7 Å². The summed E-state index contributed by atoms with van der Waals surface area (Å²) in [5.41, 5.74) is 1.57. The third-order valence-corrected chi connectivity index (χ3v) is 3.09. The Balaban J connectivity index is 2.07. The van der Waals surface area contributed by atoms with Crippen LogP contribution >= 0.6 is 11.6 Å². The normalized spacial score (nSPS) is 10.6. The molecule has 0 aliphatic rings. The highest BCUT2D eigenvalue weighted by molar-refractivity contribution is 6.31. The van der Waals surface area contributed by atoms with Crippen LogP contribution in [0.15, 0.2) is 36.5 Å². The van der Waals surface area contributed by atoms with Crippen molar-refractivity contribution in [1.29, 1.82) is 0 Å². The van der Waals surface area contributed by atoms with Crippen LogP contribution in [0.4, 0.5) is 10.1 Å². The van der Waals surface area contributed by atoms with E-state index in [1.54, 1.807) is 18.2 Å². The summed E-state index contributed by atoms with van der Waals surface area (Å²) < 4.78 is 15.8. The fourth-order valence-electron chi connectivity index (χ4n) is 1.90. The summed E-state index contributed by atoms with van der Waals surface area (Å²) in [6.45, 7) is 3.69. The molecule has 0 aliphatic heterocycles. The van der Waals surface area contributed by atoms with Crippen molar-refractivity contribution >= 4 is 17.3 Å². The number of nitrogens with zero attached hydrogens (tertiary/aromatic N) is 1. The van der Waals surface area contributed by atoms with E-state index in [4.69, 9.17) is 11.6 Å². The largest absolute Gasteiger partial charge is 0.377 e. The lowest BCUT2D eigenvalue weighted by Crippen LogP contribution is -2.07. The van der Waals surface area contributed by atoms with Gasteiger partial charge in [0.15, 0.2) is 5.82 Å². The van der Waals surface area contributed by atoms with Crippen LogP contribution in [0.1, 0.15) is 19.0 Å². The van der Waals surface area contributed by atoms with Crippen LogP contribution in [0.5, 0.6) is 0 Å². The number of aryl methyl sites for hydroxylation is 1. The van der Waals surface area contributed by atoms with Crippen molar-refractivity contribution < 1.29 is 4.39 Å². The zero-order chi connectivity index (χ0) is 13.0. The quantitative estimate of drug-likeness (QED) is 0.854. The molecule has 0 radical (unpaired) electrons. The molecule has 0 unspecified atom stereocenters. The second kappa shape index (κ2) is 5.91. The predicted molar refractivity (Wildman–Crippen MR) is 73.5 cm³/mol. The molecule has 96 valence electrons. The maximum Gasteiger partial charge on any atom is 0.164 e. The van der Waals surface area contributed by atoms with Crippen LogP contribution in [0.2, 0.25) is 5.02 Å². The second-order valence-electron chi connectivity index (χ2n) is 4.15. The van der Waals surface area contributed by atoms with Gasteiger partial charge in [0.05, 0.1) is 17.3 Å². The highest BCUT2D eigenvalue weighted by Gasteiger charge is 2.06. The Labute approximate surface area is 111 Å². The first kappa shape index (κ1) is 13.0. The van der Waals surface area contributed by atoms with E-state index < -0.39 is 5.82 Å². The Kier molecular flexibility index (Phi) is 4.26. The summed E-state index contributed by atoms with van der Waals surface area (Å²) in [5, 5.41) is 3.22. The minimum absolute atomic E-state index is 0.143. The highest BCUT2D eigenvalue weighted by atomic mass is 35.5. The maximum absolute atomic E-state index is 13.7. The molecular weight excluding hydrogens is 251 g/mol. The number of aromatic nitrogens is 1. The van der Waals surface area contributed by atoms with Crippen molar-refractivity contribution in [2.75, 3.05) is 5.32 Å². The van der Waals surface area contributed by atoms with Gasteiger partial charge in [-0.2, -0.15) is 0 Å². The molecule has 1 aromatic heterocycles. The fraction of sp³-hybridized carbons (Fsp3) is 0.286. The van der Waals surface area contributed by atoms with E-state index >= 15 is 0 Å². The predicted octanol–water partition coefficient (Wildman–Crippen LogP) is 4.30. The lowest BCUT2D eigenvalue weighted by Gasteiger charge is -2.11. The lowest BCUT2D eigenvalue weighted by atomic mass is 10.3. The number of benzene rings is 1. The average Bonchev–Trinajstić information content (AvgIpc) is 2.79. The van der Waals surface area contributed by atoms with Gasteiger partial charge in [-0.15, -0.1) is 0 Å². The Bertz CT molecular complexity index is 522. The third kappa shape index (κ3) is 2.85. The molecule has 0 saturated carbocycles. The SMILES string of the molecule is CCCn1cccc1CNc1cccc(Cl)c1F. The summed E-state index contributed by atoms with van der Waals surface area (Å²) in [6.07, 6.45) is 3.11. The van der Waals surface area contributed by atoms with Gasteiger partial charge in [-0.1, -0.05) is 24.6 Å². The van der Waals surface area contributed by atoms with Gasteiger partial charge in [0.25, 0.3) is 0 Å². The smallest absolute Gasteiger partial charge is 0.164 e. The molecular formula is C14H16ClFN2. The van der Waals surface area contributed by atoms with Crippen LogP contribution in [0.3, 0.4) is 0 Å². The van der Waals surface area contributed by atoms with E-state index in [2.05, 4.69) is 16.8 Å². The zero-order valence-electron chi connectivity index (χ0n) is 10.3. The van der Waals surface area contributed by atoms with Crippen LogP contribution < -0.4 is 5.32 Å². The highest BCUT2D eigenvalue weighted by Crippen LogP contribution is 2.22. The first-order chi connectivity index (χ1) is 8.72. The Morgan fingerprint density at radius 3 is 2.89 bits per heavy atom. The molecule has 0 amide bonds. The monoisotopic (exact) mass is 266 g/mol. The van der Waals surface area contributed by atoms with E-state index in [-0.39, 0.29) is 5.02 Å². The van der Waals surface area contributed by atoms with Gasteiger partial charge >= 0.3 is 0 Å². The molecule has 0 atom stereocenters. The molecule has 1 aromatic carbocycles. The van der Waals surface area contributed by atoms with Gasteiger partial charge in [-0.3, -0.25) is 0 Å². The Hall–Kier alpha value is -1.48. The third-order valence-electron chi connectivity index (χ3n) is 2.80. The van der Waals surface area contributed by atoms with E-state index in [1.165, 1.54) is 0 Å². The second-order valence-corrected chi connectivity index (χ2v) is 4.56. The molecule has 1 N–H and O–H groups in total. The fourth-order valence-corrected chi connectivity index (χ4v) is 2.07. The maximum atomic E-state index is 13.7. The summed E-state index contributed by atoms with van der Waals surface area (Å²) >= 11 is 5.74. The Morgan fingerprint density at radius 2 is 2.11 bits per heavy atom. The van der Waals surface area contributed by atoms with Crippen LogP contribution in [-0.2, 0) is 13.1 Å². The molecule has 18 heavy (non-hydrogen) atoms. The number of hydrogen-bond donors (Lipinski definition) is 1. The molecule has 0 aliphatic carbocycles. The number of rotatable bonds is 5. The van der Waals surface area contributed by atoms with Gasteiger partial charge in [-0.25, -0.2) is 4.39 Å². The van der Waals surface area contributed by atoms with Crippen LogP contribution in [0, 0.1) is 5.82 Å². The molecule has 0 bridgehead atoms. The van der Waals surface area contributed by atoms with Crippen molar-refractivity contribution in [1.82, 2.24) is 4.57 Å². The van der Waals surface area contributed by atoms with Crippen LogP contribution in [-0.4, -0.2) is 4.57 Å². The standard InChI is InChI=1S/C14H16ClFN2/c1-2-8-18-9-4-5-11(18)10-17-13-7-3-6-12(15)14(13)16/h3-7,9,17H,2,8,10H2,1H3. The average molecular weight is 267 g/mol. The minimum atomic E-state index is -0.396. The van der Waals surface area contributed by atoms with Crippen molar-refractivity contribution in [3.05, 3.63) is 53.1 Å². The zero-order valence-corrected chi connectivity index (χ0v) is 11.0. The number of hydrogen-bond acceptors (Lipinski definition) is 1. The van der Waals surface area contributed by atoms with Crippen LogP contribution in [0.25, 0.3) is 0 Å². The van der Waals surface area contributed by atoms with E-state index in [0.29, 0.717) is 12.2 Å². The topological polar surface area (TPSA) is 17.0 Å². The summed E-state index contributed by atoms with van der Waals surface area (Å²) in [5.74, 6) is -0.396. The first-order valence-corrected chi connectivity index (χ1v) is 6.42. The van der Waals surface area contributed by atoms with Gasteiger partial charge in [0, 0.05) is 18.4 Å². The van der Waals surface area contributed by atoms with Gasteiger partial charge in [0.2, 0.25) is 0 Å². The molecule has 2 nitrogen and oxygen atoms in total. The lowest BCUT2D eigenvalue weighted by molar-refractivity contribution is 0.627. The summed E-state index contributed by atoms with van der Waals surface area (Å²) in [7, 11) is 0. The molecule has 0 spiro atoms. The number of nitrogens with one attached hydrogen (secondary N) is 1. The summed E-state index contributed by atoms with van der Waals surface area (Å²) in [6, 6.07) is 9.00. The number of anilines is 1. The van der Waals surface area contributed by atoms with Gasteiger partial charge in [0.1, 0.15) is 0 Å². The van der Waals surface area contributed by atoms with Crippen molar-refractivity contribution in [3.8, 4) is 0 Å². The molecule has 0 saturated heterocycles. The molecule has 0 fully saturated rings. The number of halogens is 2. The minimum Gasteiger partial charge on any atom is -0.377 e. The van der Waals surface area contributed by atoms with E-state index in [9.17, 15) is 4.39 Å². The van der Waals surface area contributed by atoms with E-state index in [0.717, 1.165) is 18.7 Å².